The van der Waals surface area contributed by atoms with Gasteiger partial charge in [0.2, 0.25) is 0 Å². The van der Waals surface area contributed by atoms with Crippen molar-refractivity contribution >= 4 is 75.8 Å². The SMILES string of the molecule is [2H]c1c([2H])c(-c2cc(-c3c4ccccc4c(-c4ccc5ccccc5c4)c4ccccc34)cc3ccccc23)c2c(oc3c([2H])c4c([2H])c([2H])c([2H])c([2H])c4c([2H])c32)c1[2H]. The van der Waals surface area contributed by atoms with Gasteiger partial charge in [0.15, 0.2) is 0 Å². The Labute approximate surface area is 307 Å². The normalized spacial score (nSPS) is 14.4. The van der Waals surface area contributed by atoms with Crippen LogP contribution in [0, 0.1) is 0 Å². The van der Waals surface area contributed by atoms with Crippen molar-refractivity contribution in [3.8, 4) is 33.4 Å². The lowest BCUT2D eigenvalue weighted by molar-refractivity contribution is 0.669. The van der Waals surface area contributed by atoms with Crippen LogP contribution in [0.25, 0.3) is 109 Å². The van der Waals surface area contributed by atoms with Crippen molar-refractivity contribution in [1.29, 1.82) is 0 Å². The molecule has 0 radical (unpaired) electrons. The fourth-order valence-electron chi connectivity index (χ4n) is 7.88. The van der Waals surface area contributed by atoms with Gasteiger partial charge in [-0.1, -0.05) is 145 Å². The number of rotatable bonds is 3. The Hall–Kier alpha value is -6.70. The molecule has 11 aromatic rings. The molecule has 0 bridgehead atoms. The average Bonchev–Trinajstić information content (AvgIpc) is 3.68. The van der Waals surface area contributed by atoms with Crippen LogP contribution in [-0.2, 0) is 0 Å². The fourth-order valence-corrected chi connectivity index (χ4v) is 7.88. The molecule has 0 aliphatic carbocycles. The number of fused-ring (bicyclic) bond motifs is 8. The molecule has 1 aromatic heterocycles. The van der Waals surface area contributed by atoms with Gasteiger partial charge in [-0.25, -0.2) is 0 Å². The van der Waals surface area contributed by atoms with Gasteiger partial charge in [0.25, 0.3) is 0 Å². The number of furan rings is 1. The van der Waals surface area contributed by atoms with Crippen LogP contribution >= 0.6 is 0 Å². The predicted octanol–water partition coefficient (Wildman–Crippen LogP) is 14.4. The lowest BCUT2D eigenvalue weighted by Gasteiger charge is -2.19. The molecule has 1 nitrogen and oxygen atoms in total. The highest BCUT2D eigenvalue weighted by atomic mass is 16.3. The van der Waals surface area contributed by atoms with Crippen molar-refractivity contribution in [1.82, 2.24) is 0 Å². The van der Waals surface area contributed by atoms with Gasteiger partial charge in [0, 0.05) is 10.8 Å². The van der Waals surface area contributed by atoms with E-state index in [1.807, 2.05) is 66.7 Å². The Morgan fingerprint density at radius 1 is 0.373 bits per heavy atom. The Morgan fingerprint density at radius 3 is 1.69 bits per heavy atom. The minimum Gasteiger partial charge on any atom is -0.456 e. The molecule has 236 valence electrons. The second kappa shape index (κ2) is 10.9. The zero-order chi connectivity index (χ0) is 41.3. The summed E-state index contributed by atoms with van der Waals surface area (Å²) in [7, 11) is 0. The summed E-state index contributed by atoms with van der Waals surface area (Å²) in [5, 5.41) is 7.97. The van der Waals surface area contributed by atoms with E-state index in [4.69, 9.17) is 12.6 Å². The first-order chi connectivity index (χ1) is 29.0. The molecular formula is C50H30O. The summed E-state index contributed by atoms with van der Waals surface area (Å²) in [5.74, 6) is 0. The van der Waals surface area contributed by atoms with Crippen molar-refractivity contribution in [2.75, 3.05) is 0 Å². The molecule has 1 heteroatoms. The number of hydrogen-bond donors (Lipinski definition) is 0. The van der Waals surface area contributed by atoms with Crippen LogP contribution in [0.15, 0.2) is 186 Å². The van der Waals surface area contributed by atoms with Crippen LogP contribution in [-0.4, -0.2) is 0 Å². The monoisotopic (exact) mass is 655 g/mol. The van der Waals surface area contributed by atoms with Gasteiger partial charge in [-0.2, -0.15) is 0 Å². The number of benzene rings is 10. The first kappa shape index (κ1) is 20.7. The topological polar surface area (TPSA) is 13.1 Å². The average molecular weight is 656 g/mol. The molecule has 0 spiro atoms. The molecule has 11 rings (SSSR count). The van der Waals surface area contributed by atoms with Crippen molar-refractivity contribution < 1.29 is 16.8 Å². The zero-order valence-electron chi connectivity index (χ0n) is 36.0. The third-order valence-corrected chi connectivity index (χ3v) is 10.1. The van der Waals surface area contributed by atoms with Crippen LogP contribution < -0.4 is 0 Å². The van der Waals surface area contributed by atoms with Gasteiger partial charge in [-0.3, -0.25) is 0 Å². The van der Waals surface area contributed by atoms with Gasteiger partial charge >= 0.3 is 0 Å². The summed E-state index contributed by atoms with van der Waals surface area (Å²) in [6.45, 7) is 0. The molecule has 10 aromatic carbocycles. The highest BCUT2D eigenvalue weighted by Crippen LogP contribution is 2.47. The van der Waals surface area contributed by atoms with Crippen molar-refractivity contribution in [2.24, 2.45) is 0 Å². The smallest absolute Gasteiger partial charge is 0.136 e. The summed E-state index contributed by atoms with van der Waals surface area (Å²) in [6, 6.07) is 39.8. The molecular weight excluding hydrogens is 617 g/mol. The van der Waals surface area contributed by atoms with Gasteiger partial charge < -0.3 is 4.42 Å². The second-order valence-corrected chi connectivity index (χ2v) is 12.9. The van der Waals surface area contributed by atoms with Crippen LogP contribution in [0.5, 0.6) is 0 Å². The van der Waals surface area contributed by atoms with Crippen molar-refractivity contribution in [2.45, 2.75) is 0 Å². The molecule has 0 aliphatic rings. The van der Waals surface area contributed by atoms with Gasteiger partial charge in [-0.05, 0) is 124 Å². The largest absolute Gasteiger partial charge is 0.456 e. The van der Waals surface area contributed by atoms with E-state index >= 15 is 0 Å². The maximum absolute atomic E-state index is 9.51. The molecule has 0 atom stereocenters. The third-order valence-electron chi connectivity index (χ3n) is 10.1. The van der Waals surface area contributed by atoms with E-state index in [1.54, 1.807) is 0 Å². The summed E-state index contributed by atoms with van der Waals surface area (Å²) >= 11 is 0. The van der Waals surface area contributed by atoms with E-state index in [0.29, 0.717) is 5.56 Å². The molecule has 0 saturated heterocycles. The maximum atomic E-state index is 9.51. The molecule has 0 amide bonds. The second-order valence-electron chi connectivity index (χ2n) is 12.9. The van der Waals surface area contributed by atoms with E-state index in [2.05, 4.69) is 60.7 Å². The third kappa shape index (κ3) is 4.28. The minimum absolute atomic E-state index is 0.0506. The molecule has 0 fully saturated rings. The Bertz CT molecular complexity index is 3660. The van der Waals surface area contributed by atoms with Crippen LogP contribution in [0.3, 0.4) is 0 Å². The van der Waals surface area contributed by atoms with Crippen LogP contribution in [0.1, 0.15) is 12.3 Å². The van der Waals surface area contributed by atoms with E-state index in [1.165, 1.54) is 0 Å². The van der Waals surface area contributed by atoms with Gasteiger partial charge in [-0.15, -0.1) is 0 Å². The van der Waals surface area contributed by atoms with Gasteiger partial charge in [0.1, 0.15) is 11.2 Å². The molecule has 0 unspecified atom stereocenters. The van der Waals surface area contributed by atoms with E-state index < -0.39 is 30.2 Å². The summed E-state index contributed by atoms with van der Waals surface area (Å²) < 4.78 is 86.5. The minimum atomic E-state index is -0.534. The lowest BCUT2D eigenvalue weighted by atomic mass is 9.84. The first-order valence-corrected chi connectivity index (χ1v) is 16.9. The fraction of sp³-hybridized carbons (Fsp3) is 0. The Balaban J connectivity index is 1.28. The predicted molar refractivity (Wildman–Crippen MR) is 218 cm³/mol. The molecule has 0 aliphatic heterocycles. The molecule has 0 saturated carbocycles. The Kier molecular flexibility index (Phi) is 4.43. The summed E-state index contributed by atoms with van der Waals surface area (Å²) in [6.07, 6.45) is 0. The Morgan fingerprint density at radius 2 is 0.961 bits per heavy atom. The number of hydrogen-bond acceptors (Lipinski definition) is 1. The van der Waals surface area contributed by atoms with Crippen molar-refractivity contribution in [3.63, 3.8) is 0 Å². The van der Waals surface area contributed by atoms with Crippen LogP contribution in [0.2, 0.25) is 0 Å². The first-order valence-electron chi connectivity index (χ1n) is 21.4. The molecule has 0 N–H and O–H groups in total. The molecule has 51 heavy (non-hydrogen) atoms. The van der Waals surface area contributed by atoms with Crippen molar-refractivity contribution in [3.05, 3.63) is 182 Å². The van der Waals surface area contributed by atoms with E-state index in [-0.39, 0.29) is 62.4 Å². The quantitative estimate of drug-likeness (QED) is 0.173. The lowest BCUT2D eigenvalue weighted by Crippen LogP contribution is -1.92. The zero-order valence-corrected chi connectivity index (χ0v) is 27.0. The molecule has 1 heterocycles. The van der Waals surface area contributed by atoms with E-state index in [9.17, 15) is 4.11 Å². The van der Waals surface area contributed by atoms with Gasteiger partial charge in [0.05, 0.1) is 12.3 Å². The summed E-state index contributed by atoms with van der Waals surface area (Å²) in [5.41, 5.74) is 4.57. The van der Waals surface area contributed by atoms with Crippen LogP contribution in [0.4, 0.5) is 0 Å². The highest BCUT2D eigenvalue weighted by Gasteiger charge is 2.20. The maximum Gasteiger partial charge on any atom is 0.136 e. The highest BCUT2D eigenvalue weighted by molar-refractivity contribution is 6.23. The van der Waals surface area contributed by atoms with E-state index in [0.717, 1.165) is 65.3 Å². The standard InChI is InChI=1S/C50H30O/c1-2-13-32-26-36(25-24-31(32)12-1)48-39-18-7-9-20-41(39)49(42-21-10-8-19-40(42)48)37-27-35-16-5-6-17-38(35)44(29-37)43-22-11-23-46-50(43)45-28-33-14-3-4-15-34(33)30-47(45)51-46/h1-30H/i3D,4D,11D,14D,15D,22D,23D,28D,30D. The summed E-state index contributed by atoms with van der Waals surface area (Å²) in [4.78, 5) is 0.